The third kappa shape index (κ3) is 3.04. The quantitative estimate of drug-likeness (QED) is 0.782. The van der Waals surface area contributed by atoms with Crippen molar-refractivity contribution in [3.8, 4) is 0 Å². The third-order valence-electron chi connectivity index (χ3n) is 4.07. The highest BCUT2D eigenvalue weighted by atomic mass is 32.1. The van der Waals surface area contributed by atoms with Crippen molar-refractivity contribution in [2.45, 2.75) is 0 Å². The molecule has 7 heteroatoms. The van der Waals surface area contributed by atoms with Gasteiger partial charge in [-0.05, 0) is 23.6 Å². The highest BCUT2D eigenvalue weighted by Crippen LogP contribution is 2.32. The van der Waals surface area contributed by atoms with Crippen molar-refractivity contribution < 1.29 is 18.7 Å². The molecule has 4 rings (SSSR count). The molecule has 1 aliphatic heterocycles. The minimum absolute atomic E-state index is 0.160. The van der Waals surface area contributed by atoms with Gasteiger partial charge in [0.05, 0.1) is 18.1 Å². The molecule has 1 aliphatic rings. The van der Waals surface area contributed by atoms with Crippen LogP contribution in [-0.2, 0) is 4.74 Å². The van der Waals surface area contributed by atoms with E-state index >= 15 is 0 Å². The van der Waals surface area contributed by atoms with Crippen LogP contribution in [0.15, 0.2) is 46.2 Å². The number of hydrogen-bond acceptors (Lipinski definition) is 5. The van der Waals surface area contributed by atoms with E-state index in [-0.39, 0.29) is 17.6 Å². The Balaban J connectivity index is 1.72. The number of thiophene rings is 1. The summed E-state index contributed by atoms with van der Waals surface area (Å²) < 4.78 is 11.1. The maximum atomic E-state index is 12.9. The van der Waals surface area contributed by atoms with Gasteiger partial charge in [0.2, 0.25) is 5.76 Å². The molecule has 1 N–H and O–H groups in total. The Morgan fingerprint density at radius 1 is 1.08 bits per heavy atom. The fraction of sp³-hybridized carbons (Fsp3) is 0.222. The first-order valence-electron chi connectivity index (χ1n) is 7.97. The fourth-order valence-corrected chi connectivity index (χ4v) is 3.43. The van der Waals surface area contributed by atoms with Crippen molar-refractivity contribution in [2.24, 2.45) is 0 Å². The van der Waals surface area contributed by atoms with Crippen molar-refractivity contribution in [3.05, 3.63) is 52.4 Å². The molecule has 0 atom stereocenters. The normalized spacial score (nSPS) is 14.6. The Labute approximate surface area is 148 Å². The van der Waals surface area contributed by atoms with Crippen LogP contribution in [0.1, 0.15) is 20.2 Å². The zero-order valence-corrected chi connectivity index (χ0v) is 14.2. The molecule has 3 aromatic rings. The first-order chi connectivity index (χ1) is 12.2. The lowest BCUT2D eigenvalue weighted by Gasteiger charge is -2.26. The molecule has 1 saturated heterocycles. The molecule has 1 aromatic carbocycles. The molecule has 128 valence electrons. The van der Waals surface area contributed by atoms with E-state index in [9.17, 15) is 9.59 Å². The molecule has 0 saturated carbocycles. The number of morpholine rings is 1. The van der Waals surface area contributed by atoms with E-state index in [1.807, 2.05) is 29.6 Å². The highest BCUT2D eigenvalue weighted by molar-refractivity contribution is 7.12. The van der Waals surface area contributed by atoms with E-state index < -0.39 is 0 Å². The third-order valence-corrected chi connectivity index (χ3v) is 4.94. The average Bonchev–Trinajstić information content (AvgIpc) is 3.30. The number of hydrogen-bond donors (Lipinski definition) is 1. The summed E-state index contributed by atoms with van der Waals surface area (Å²) in [5.41, 5.74) is 0.992. The lowest BCUT2D eigenvalue weighted by Crippen LogP contribution is -2.40. The number of ether oxygens (including phenoxy) is 1. The second-order valence-corrected chi connectivity index (χ2v) is 6.59. The highest BCUT2D eigenvalue weighted by Gasteiger charge is 2.27. The van der Waals surface area contributed by atoms with E-state index in [1.165, 1.54) is 11.3 Å². The topological polar surface area (TPSA) is 71.8 Å². The summed E-state index contributed by atoms with van der Waals surface area (Å²) in [6.45, 7) is 2.02. The first-order valence-corrected chi connectivity index (χ1v) is 8.85. The van der Waals surface area contributed by atoms with Gasteiger partial charge in [-0.2, -0.15) is 0 Å². The van der Waals surface area contributed by atoms with Crippen LogP contribution in [0.4, 0.5) is 5.69 Å². The number of amides is 2. The summed E-state index contributed by atoms with van der Waals surface area (Å²) in [6, 6.07) is 10.9. The second kappa shape index (κ2) is 6.70. The molecule has 1 fully saturated rings. The van der Waals surface area contributed by atoms with Crippen molar-refractivity contribution in [3.63, 3.8) is 0 Å². The molecule has 0 bridgehead atoms. The van der Waals surface area contributed by atoms with E-state index in [4.69, 9.17) is 9.15 Å². The smallest absolute Gasteiger partial charge is 0.291 e. The van der Waals surface area contributed by atoms with Crippen LogP contribution < -0.4 is 5.32 Å². The molecule has 25 heavy (non-hydrogen) atoms. The molecular weight excluding hydrogens is 340 g/mol. The number of benzene rings is 1. The van der Waals surface area contributed by atoms with Gasteiger partial charge in [0, 0.05) is 18.5 Å². The Bertz CT molecular complexity index is 910. The number of carbonyl (C=O) groups is 2. The summed E-state index contributed by atoms with van der Waals surface area (Å²) in [5.74, 6) is -0.327. The lowest BCUT2D eigenvalue weighted by molar-refractivity contribution is 0.0285. The van der Waals surface area contributed by atoms with Gasteiger partial charge in [0.25, 0.3) is 11.8 Å². The molecule has 2 amide bonds. The SMILES string of the molecule is O=C(Nc1c(C(=O)N2CCOCC2)oc2ccccc12)c1cccs1. The van der Waals surface area contributed by atoms with Gasteiger partial charge in [0.1, 0.15) is 11.3 Å². The van der Waals surface area contributed by atoms with Crippen LogP contribution in [0, 0.1) is 0 Å². The second-order valence-electron chi connectivity index (χ2n) is 5.64. The minimum atomic E-state index is -0.252. The fourth-order valence-electron chi connectivity index (χ4n) is 2.81. The van der Waals surface area contributed by atoms with E-state index in [2.05, 4.69) is 5.32 Å². The molecule has 2 aromatic heterocycles. The van der Waals surface area contributed by atoms with Gasteiger partial charge in [-0.1, -0.05) is 18.2 Å². The average molecular weight is 356 g/mol. The Hall–Kier alpha value is -2.64. The Morgan fingerprint density at radius 2 is 1.88 bits per heavy atom. The van der Waals surface area contributed by atoms with Crippen molar-refractivity contribution in [1.29, 1.82) is 0 Å². The summed E-state index contributed by atoms with van der Waals surface area (Å²) in [6.07, 6.45) is 0. The number of fused-ring (bicyclic) bond motifs is 1. The summed E-state index contributed by atoms with van der Waals surface area (Å²) >= 11 is 1.35. The Morgan fingerprint density at radius 3 is 2.64 bits per heavy atom. The summed E-state index contributed by atoms with van der Waals surface area (Å²) in [5, 5.41) is 5.40. The number of furan rings is 1. The molecule has 0 radical (unpaired) electrons. The van der Waals surface area contributed by atoms with Crippen LogP contribution >= 0.6 is 11.3 Å². The van der Waals surface area contributed by atoms with E-state index in [0.29, 0.717) is 47.8 Å². The summed E-state index contributed by atoms with van der Waals surface area (Å²) in [7, 11) is 0. The number of rotatable bonds is 3. The van der Waals surface area contributed by atoms with Crippen LogP contribution in [0.5, 0.6) is 0 Å². The predicted molar refractivity (Wildman–Crippen MR) is 95.2 cm³/mol. The van der Waals surface area contributed by atoms with Crippen LogP contribution in [0.2, 0.25) is 0 Å². The molecule has 6 nitrogen and oxygen atoms in total. The van der Waals surface area contributed by atoms with Gasteiger partial charge < -0.3 is 19.4 Å². The van der Waals surface area contributed by atoms with Crippen LogP contribution in [-0.4, -0.2) is 43.0 Å². The van der Waals surface area contributed by atoms with Crippen molar-refractivity contribution >= 4 is 39.8 Å². The predicted octanol–water partition coefficient (Wildman–Crippen LogP) is 3.22. The van der Waals surface area contributed by atoms with E-state index in [1.54, 1.807) is 17.0 Å². The van der Waals surface area contributed by atoms with Gasteiger partial charge >= 0.3 is 0 Å². The molecule has 3 heterocycles. The number of para-hydroxylation sites is 1. The first kappa shape index (κ1) is 15.9. The van der Waals surface area contributed by atoms with Crippen molar-refractivity contribution in [1.82, 2.24) is 4.90 Å². The van der Waals surface area contributed by atoms with Gasteiger partial charge in [-0.15, -0.1) is 11.3 Å². The monoisotopic (exact) mass is 356 g/mol. The molecule has 0 spiro atoms. The van der Waals surface area contributed by atoms with Crippen molar-refractivity contribution in [2.75, 3.05) is 31.6 Å². The molecule has 0 aliphatic carbocycles. The number of nitrogens with zero attached hydrogens (tertiary/aromatic N) is 1. The van der Waals surface area contributed by atoms with E-state index in [0.717, 1.165) is 0 Å². The molecule has 0 unspecified atom stereocenters. The number of carbonyl (C=O) groups excluding carboxylic acids is 2. The van der Waals surface area contributed by atoms with Gasteiger partial charge in [-0.3, -0.25) is 9.59 Å². The number of nitrogens with one attached hydrogen (secondary N) is 1. The number of anilines is 1. The standard InChI is InChI=1S/C18H16N2O4S/c21-17(14-6-3-11-25-14)19-15-12-4-1-2-5-13(12)24-16(15)18(22)20-7-9-23-10-8-20/h1-6,11H,7-10H2,(H,19,21). The lowest BCUT2D eigenvalue weighted by atomic mass is 10.2. The maximum Gasteiger partial charge on any atom is 0.291 e. The minimum Gasteiger partial charge on any atom is -0.449 e. The van der Waals surface area contributed by atoms with Crippen LogP contribution in [0.3, 0.4) is 0 Å². The Kier molecular flexibility index (Phi) is 4.25. The van der Waals surface area contributed by atoms with Gasteiger partial charge in [0.15, 0.2) is 0 Å². The van der Waals surface area contributed by atoms with Gasteiger partial charge in [-0.25, -0.2) is 0 Å². The van der Waals surface area contributed by atoms with Crippen LogP contribution in [0.25, 0.3) is 11.0 Å². The largest absolute Gasteiger partial charge is 0.449 e. The maximum absolute atomic E-state index is 12.9. The molecular formula is C18H16N2O4S. The summed E-state index contributed by atoms with van der Waals surface area (Å²) in [4.78, 5) is 27.6. The zero-order chi connectivity index (χ0) is 17.2. The zero-order valence-electron chi connectivity index (χ0n) is 13.4.